The van der Waals surface area contributed by atoms with Crippen LogP contribution in [0.25, 0.3) is 0 Å². The van der Waals surface area contributed by atoms with E-state index in [1.807, 2.05) is 0 Å². The Morgan fingerprint density at radius 1 is 1.00 bits per heavy atom. The van der Waals surface area contributed by atoms with Crippen molar-refractivity contribution in [1.29, 1.82) is 0 Å². The van der Waals surface area contributed by atoms with E-state index in [1.165, 1.54) is 0 Å². The lowest BCUT2D eigenvalue weighted by molar-refractivity contribution is 0.148. The van der Waals surface area contributed by atoms with E-state index in [9.17, 15) is 0 Å². The first kappa shape index (κ1) is 12.5. The zero-order valence-electron chi connectivity index (χ0n) is 6.19. The van der Waals surface area contributed by atoms with Crippen LogP contribution in [-0.4, -0.2) is 46.4 Å². The van der Waals surface area contributed by atoms with Gasteiger partial charge in [0.05, 0.1) is 19.3 Å². The third-order valence-electron chi connectivity index (χ3n) is 0.647. The van der Waals surface area contributed by atoms with Crippen molar-refractivity contribution >= 4 is 0 Å². The molecule has 0 rings (SSSR count). The predicted molar refractivity (Wildman–Crippen MR) is 37.6 cm³/mol. The second kappa shape index (κ2) is 11.6. The summed E-state index contributed by atoms with van der Waals surface area (Å²) in [4.78, 5) is 0. The van der Waals surface area contributed by atoms with Crippen LogP contribution in [0.15, 0.2) is 0 Å². The van der Waals surface area contributed by atoms with Crippen LogP contribution in [0.5, 0.6) is 0 Å². The molecule has 0 aliphatic carbocycles. The molecule has 4 heteroatoms. The SMILES string of the molecule is CC(O)CCO.OCCO. The van der Waals surface area contributed by atoms with Gasteiger partial charge in [0.25, 0.3) is 0 Å². The maximum atomic E-state index is 8.39. The summed E-state index contributed by atoms with van der Waals surface area (Å²) in [6.07, 6.45) is 0.134. The van der Waals surface area contributed by atoms with E-state index < -0.39 is 0 Å². The number of aliphatic hydroxyl groups excluding tert-OH is 4. The van der Waals surface area contributed by atoms with E-state index in [0.29, 0.717) is 6.42 Å². The van der Waals surface area contributed by atoms with E-state index in [1.54, 1.807) is 6.92 Å². The van der Waals surface area contributed by atoms with Crippen molar-refractivity contribution < 1.29 is 20.4 Å². The molecular weight excluding hydrogens is 136 g/mol. The molecule has 0 aromatic carbocycles. The van der Waals surface area contributed by atoms with E-state index >= 15 is 0 Å². The van der Waals surface area contributed by atoms with Gasteiger partial charge in [-0.15, -0.1) is 0 Å². The molecule has 0 heterocycles. The Kier molecular flexibility index (Phi) is 14.5. The van der Waals surface area contributed by atoms with Gasteiger partial charge in [0, 0.05) is 6.61 Å². The molecule has 0 spiro atoms. The van der Waals surface area contributed by atoms with Crippen molar-refractivity contribution in [2.45, 2.75) is 19.4 Å². The van der Waals surface area contributed by atoms with E-state index in [2.05, 4.69) is 0 Å². The van der Waals surface area contributed by atoms with Gasteiger partial charge in [-0.3, -0.25) is 0 Å². The fourth-order valence-electron chi connectivity index (χ4n) is 0.187. The lowest BCUT2D eigenvalue weighted by Crippen LogP contribution is -2.00. The molecule has 0 amide bonds. The summed E-state index contributed by atoms with van der Waals surface area (Å²) in [5.41, 5.74) is 0. The fourth-order valence-corrected chi connectivity index (χ4v) is 0.187. The Balaban J connectivity index is 0. The minimum absolute atomic E-state index is 0.0810. The van der Waals surface area contributed by atoms with Crippen LogP contribution in [0.1, 0.15) is 13.3 Å². The third-order valence-corrected chi connectivity index (χ3v) is 0.647. The van der Waals surface area contributed by atoms with Gasteiger partial charge in [0.2, 0.25) is 0 Å². The normalized spacial score (nSPS) is 11.7. The second-order valence-electron chi connectivity index (χ2n) is 1.81. The van der Waals surface area contributed by atoms with Crippen molar-refractivity contribution in [3.63, 3.8) is 0 Å². The van der Waals surface area contributed by atoms with Crippen molar-refractivity contribution in [2.75, 3.05) is 19.8 Å². The molecule has 4 N–H and O–H groups in total. The van der Waals surface area contributed by atoms with Gasteiger partial charge >= 0.3 is 0 Å². The van der Waals surface area contributed by atoms with Crippen molar-refractivity contribution in [3.8, 4) is 0 Å². The predicted octanol–water partition coefficient (Wildman–Crippen LogP) is -1.28. The molecule has 1 atom stereocenters. The minimum atomic E-state index is -0.352. The highest BCUT2D eigenvalue weighted by atomic mass is 16.3. The van der Waals surface area contributed by atoms with Crippen LogP contribution in [0.3, 0.4) is 0 Å². The lowest BCUT2D eigenvalue weighted by Gasteiger charge is -1.95. The highest BCUT2D eigenvalue weighted by molar-refractivity contribution is 4.40. The molecule has 0 aliphatic rings. The number of hydrogen-bond acceptors (Lipinski definition) is 4. The average molecular weight is 152 g/mol. The second-order valence-corrected chi connectivity index (χ2v) is 1.81. The topological polar surface area (TPSA) is 80.9 Å². The maximum absolute atomic E-state index is 8.39. The zero-order valence-corrected chi connectivity index (χ0v) is 6.19. The number of rotatable bonds is 3. The Bertz CT molecular complexity index is 45.0. The molecule has 4 nitrogen and oxygen atoms in total. The summed E-state index contributed by atoms with van der Waals surface area (Å²) in [6, 6.07) is 0. The standard InChI is InChI=1S/C4H10O2.C2H6O2/c1-4(6)2-3-5;3-1-2-4/h4-6H,2-3H2,1H3;3-4H,1-2H2. The summed E-state index contributed by atoms with van der Waals surface area (Å²) in [7, 11) is 0. The molecule has 0 aromatic heterocycles. The van der Waals surface area contributed by atoms with Crippen LogP contribution >= 0.6 is 0 Å². The molecule has 0 fully saturated rings. The number of hydrogen-bond donors (Lipinski definition) is 4. The Hall–Kier alpha value is -0.160. The first-order chi connectivity index (χ1) is 4.68. The average Bonchev–Trinajstić information content (AvgIpc) is 1.89. The van der Waals surface area contributed by atoms with Crippen LogP contribution in [0.4, 0.5) is 0 Å². The van der Waals surface area contributed by atoms with Crippen molar-refractivity contribution in [2.24, 2.45) is 0 Å². The monoisotopic (exact) mass is 152 g/mol. The molecular formula is C6H16O4. The molecule has 0 aliphatic heterocycles. The Morgan fingerprint density at radius 3 is 1.40 bits per heavy atom. The van der Waals surface area contributed by atoms with E-state index in [0.717, 1.165) is 0 Å². The fraction of sp³-hybridized carbons (Fsp3) is 1.00. The van der Waals surface area contributed by atoms with Crippen molar-refractivity contribution in [3.05, 3.63) is 0 Å². The minimum Gasteiger partial charge on any atom is -0.396 e. The summed E-state index contributed by atoms with van der Waals surface area (Å²) in [6.45, 7) is 1.48. The smallest absolute Gasteiger partial charge is 0.0662 e. The van der Waals surface area contributed by atoms with Crippen LogP contribution in [-0.2, 0) is 0 Å². The molecule has 0 bridgehead atoms. The molecule has 0 radical (unpaired) electrons. The van der Waals surface area contributed by atoms with Gasteiger partial charge in [-0.25, -0.2) is 0 Å². The first-order valence-corrected chi connectivity index (χ1v) is 3.19. The number of aliphatic hydroxyl groups is 4. The Labute approximate surface area is 60.7 Å². The van der Waals surface area contributed by atoms with E-state index in [4.69, 9.17) is 20.4 Å². The molecule has 10 heavy (non-hydrogen) atoms. The summed E-state index contributed by atoms with van der Waals surface area (Å²) in [5.74, 6) is 0. The molecule has 1 unspecified atom stereocenters. The van der Waals surface area contributed by atoms with Crippen molar-refractivity contribution in [1.82, 2.24) is 0 Å². The van der Waals surface area contributed by atoms with Gasteiger partial charge < -0.3 is 20.4 Å². The van der Waals surface area contributed by atoms with Crippen LogP contribution < -0.4 is 0 Å². The van der Waals surface area contributed by atoms with E-state index in [-0.39, 0.29) is 25.9 Å². The summed E-state index contributed by atoms with van der Waals surface area (Å²) < 4.78 is 0. The summed E-state index contributed by atoms with van der Waals surface area (Å²) >= 11 is 0. The highest BCUT2D eigenvalue weighted by Crippen LogP contribution is 1.83. The summed E-state index contributed by atoms with van der Waals surface area (Å²) in [5, 5.41) is 31.7. The zero-order chi connectivity index (χ0) is 8.41. The van der Waals surface area contributed by atoms with Crippen LogP contribution in [0.2, 0.25) is 0 Å². The Morgan fingerprint density at radius 2 is 1.40 bits per heavy atom. The maximum Gasteiger partial charge on any atom is 0.0662 e. The molecule has 0 saturated heterocycles. The largest absolute Gasteiger partial charge is 0.396 e. The van der Waals surface area contributed by atoms with Crippen LogP contribution in [0, 0.1) is 0 Å². The van der Waals surface area contributed by atoms with Gasteiger partial charge in [-0.05, 0) is 13.3 Å². The van der Waals surface area contributed by atoms with Gasteiger partial charge in [0.15, 0.2) is 0 Å². The van der Waals surface area contributed by atoms with Gasteiger partial charge in [-0.1, -0.05) is 0 Å². The lowest BCUT2D eigenvalue weighted by atomic mass is 10.3. The highest BCUT2D eigenvalue weighted by Gasteiger charge is 1.88. The molecule has 0 aromatic rings. The molecule has 64 valence electrons. The third kappa shape index (κ3) is 24.9. The molecule has 0 saturated carbocycles. The quantitative estimate of drug-likeness (QED) is 0.406. The van der Waals surface area contributed by atoms with Gasteiger partial charge in [0.1, 0.15) is 0 Å². The first-order valence-electron chi connectivity index (χ1n) is 3.19. The van der Waals surface area contributed by atoms with Gasteiger partial charge in [-0.2, -0.15) is 0 Å².